The number of nitro groups is 1. The fraction of sp³-hybridized carbons (Fsp3) is 0.154. The van der Waals surface area contributed by atoms with Gasteiger partial charge in [0.2, 0.25) is 0 Å². The number of ether oxygens (including phenoxy) is 1. The van der Waals surface area contributed by atoms with E-state index in [0.717, 1.165) is 0 Å². The predicted octanol–water partition coefficient (Wildman–Crippen LogP) is 3.99. The molecular formula is C13H11BrN2O4S. The molecule has 0 saturated heterocycles. The molecule has 1 aromatic carbocycles. The van der Waals surface area contributed by atoms with Crippen molar-refractivity contribution in [1.82, 2.24) is 0 Å². The third kappa shape index (κ3) is 3.22. The lowest BCUT2D eigenvalue weighted by Crippen LogP contribution is -2.12. The van der Waals surface area contributed by atoms with Crippen molar-refractivity contribution in [3.8, 4) is 5.75 Å². The second-order valence-corrected chi connectivity index (χ2v) is 5.78. The van der Waals surface area contributed by atoms with Crippen LogP contribution in [-0.4, -0.2) is 17.9 Å². The number of amides is 1. The minimum atomic E-state index is -0.547. The third-order valence-electron chi connectivity index (χ3n) is 2.83. The molecule has 0 aliphatic heterocycles. The second-order valence-electron chi connectivity index (χ2n) is 4.18. The second kappa shape index (κ2) is 6.23. The highest BCUT2D eigenvalue weighted by atomic mass is 79.9. The first kappa shape index (κ1) is 15.5. The highest BCUT2D eigenvalue weighted by molar-refractivity contribution is 9.10. The van der Waals surface area contributed by atoms with Crippen LogP contribution in [0.15, 0.2) is 27.4 Å². The van der Waals surface area contributed by atoms with Gasteiger partial charge in [-0.25, -0.2) is 0 Å². The van der Waals surface area contributed by atoms with Gasteiger partial charge < -0.3 is 10.1 Å². The summed E-state index contributed by atoms with van der Waals surface area (Å²) in [5, 5.41) is 17.2. The van der Waals surface area contributed by atoms with Gasteiger partial charge >= 0.3 is 5.69 Å². The molecule has 110 valence electrons. The molecular weight excluding hydrogens is 360 g/mol. The summed E-state index contributed by atoms with van der Waals surface area (Å²) in [4.78, 5) is 22.6. The molecule has 1 aromatic heterocycles. The topological polar surface area (TPSA) is 81.5 Å². The summed E-state index contributed by atoms with van der Waals surface area (Å²) in [7, 11) is 1.36. The van der Waals surface area contributed by atoms with Crippen molar-refractivity contribution < 1.29 is 14.5 Å². The van der Waals surface area contributed by atoms with Gasteiger partial charge in [-0.05, 0) is 34.5 Å². The van der Waals surface area contributed by atoms with Gasteiger partial charge in [0.05, 0.1) is 23.3 Å². The minimum absolute atomic E-state index is 0.159. The zero-order valence-electron chi connectivity index (χ0n) is 11.2. The van der Waals surface area contributed by atoms with Crippen LogP contribution in [0.2, 0.25) is 0 Å². The van der Waals surface area contributed by atoms with Crippen LogP contribution >= 0.6 is 27.3 Å². The number of hydrogen-bond donors (Lipinski definition) is 1. The number of nitro benzene ring substituents is 1. The third-order valence-corrected chi connectivity index (χ3v) is 4.53. The fourth-order valence-corrected chi connectivity index (χ4v) is 3.20. The van der Waals surface area contributed by atoms with Crippen LogP contribution in [0.1, 0.15) is 15.9 Å². The molecule has 0 spiro atoms. The lowest BCUT2D eigenvalue weighted by atomic mass is 10.1. The van der Waals surface area contributed by atoms with Crippen molar-refractivity contribution in [2.24, 2.45) is 0 Å². The van der Waals surface area contributed by atoms with E-state index in [-0.39, 0.29) is 17.3 Å². The number of rotatable bonds is 4. The smallest absolute Gasteiger partial charge is 0.313 e. The average Bonchev–Trinajstić information content (AvgIpc) is 2.86. The maximum Gasteiger partial charge on any atom is 0.313 e. The Bertz CT molecular complexity index is 714. The van der Waals surface area contributed by atoms with E-state index >= 15 is 0 Å². The van der Waals surface area contributed by atoms with Gasteiger partial charge in [0.1, 0.15) is 0 Å². The van der Waals surface area contributed by atoms with E-state index in [4.69, 9.17) is 4.74 Å². The van der Waals surface area contributed by atoms with Gasteiger partial charge in [-0.3, -0.25) is 14.9 Å². The van der Waals surface area contributed by atoms with E-state index in [1.807, 2.05) is 0 Å². The maximum atomic E-state index is 12.1. The van der Waals surface area contributed by atoms with Crippen molar-refractivity contribution in [2.75, 3.05) is 12.4 Å². The molecule has 1 amide bonds. The molecule has 2 rings (SSSR count). The first-order valence-corrected chi connectivity index (χ1v) is 7.53. The normalized spacial score (nSPS) is 10.2. The Balaban J connectivity index is 2.36. The summed E-state index contributed by atoms with van der Waals surface area (Å²) in [5.41, 5.74) is 1.35. The molecule has 1 heterocycles. The first-order valence-electron chi connectivity index (χ1n) is 5.80. The molecule has 0 aliphatic carbocycles. The highest BCUT2D eigenvalue weighted by Gasteiger charge is 2.19. The number of nitrogens with one attached hydrogen (secondary N) is 1. The Morgan fingerprint density at radius 1 is 1.43 bits per heavy atom. The quantitative estimate of drug-likeness (QED) is 0.651. The van der Waals surface area contributed by atoms with E-state index in [2.05, 4.69) is 21.2 Å². The number of carbonyl (C=O) groups is 1. The van der Waals surface area contributed by atoms with Crippen LogP contribution in [0, 0.1) is 17.0 Å². The Hall–Kier alpha value is -1.93. The maximum absolute atomic E-state index is 12.1. The molecule has 8 heteroatoms. The number of aryl methyl sites for hydroxylation is 1. The van der Waals surface area contributed by atoms with Gasteiger partial charge in [-0.2, -0.15) is 11.3 Å². The number of nitrogens with zero attached hydrogens (tertiary/aromatic N) is 1. The number of carbonyl (C=O) groups excluding carboxylic acids is 1. The number of thiophene rings is 1. The zero-order valence-corrected chi connectivity index (χ0v) is 13.6. The number of hydrogen-bond acceptors (Lipinski definition) is 5. The number of halogens is 1. The van der Waals surface area contributed by atoms with Gasteiger partial charge in [-0.15, -0.1) is 0 Å². The lowest BCUT2D eigenvalue weighted by Gasteiger charge is -2.10. The highest BCUT2D eigenvalue weighted by Crippen LogP contribution is 2.33. The van der Waals surface area contributed by atoms with Crippen LogP contribution in [0.25, 0.3) is 0 Å². The zero-order chi connectivity index (χ0) is 15.6. The van der Waals surface area contributed by atoms with E-state index < -0.39 is 4.92 Å². The van der Waals surface area contributed by atoms with Gasteiger partial charge in [-0.1, -0.05) is 0 Å². The molecule has 1 N–H and O–H groups in total. The van der Waals surface area contributed by atoms with E-state index in [9.17, 15) is 14.9 Å². The molecule has 6 nitrogen and oxygen atoms in total. The van der Waals surface area contributed by atoms with Crippen LogP contribution < -0.4 is 10.1 Å². The first-order chi connectivity index (χ1) is 9.93. The van der Waals surface area contributed by atoms with Crippen LogP contribution in [0.5, 0.6) is 5.75 Å². The standard InChI is InChI=1S/C13H11BrN2O4S/c1-7-3-12(20-2)11(16(18)19)4-10(7)15-13(17)8-5-21-6-9(8)14/h3-6H,1-2H3,(H,15,17). The average molecular weight is 371 g/mol. The van der Waals surface area contributed by atoms with Crippen LogP contribution in [0.4, 0.5) is 11.4 Å². The molecule has 0 unspecified atom stereocenters. The molecule has 2 aromatic rings. The number of benzene rings is 1. The van der Waals surface area contributed by atoms with Gasteiger partial charge in [0, 0.05) is 21.3 Å². The Kier molecular flexibility index (Phi) is 4.59. The SMILES string of the molecule is COc1cc(C)c(NC(=O)c2cscc2Br)cc1[N+](=O)[O-]. The largest absolute Gasteiger partial charge is 0.490 e. The van der Waals surface area contributed by atoms with E-state index in [1.54, 1.807) is 17.7 Å². The lowest BCUT2D eigenvalue weighted by molar-refractivity contribution is -0.385. The Morgan fingerprint density at radius 2 is 2.14 bits per heavy atom. The monoisotopic (exact) mass is 370 g/mol. The summed E-state index contributed by atoms with van der Waals surface area (Å²) in [6.07, 6.45) is 0. The van der Waals surface area contributed by atoms with Crippen LogP contribution in [-0.2, 0) is 0 Å². The summed E-state index contributed by atoms with van der Waals surface area (Å²) in [6.45, 7) is 1.74. The van der Waals surface area contributed by atoms with E-state index in [1.165, 1.54) is 30.6 Å². The number of methoxy groups -OCH3 is 1. The molecule has 0 saturated carbocycles. The molecule has 0 bridgehead atoms. The van der Waals surface area contributed by atoms with Crippen molar-refractivity contribution in [3.63, 3.8) is 0 Å². The summed E-state index contributed by atoms with van der Waals surface area (Å²) in [5.74, 6) is -0.169. The van der Waals surface area contributed by atoms with Crippen LogP contribution in [0.3, 0.4) is 0 Å². The fourth-order valence-electron chi connectivity index (χ4n) is 1.74. The van der Waals surface area contributed by atoms with E-state index in [0.29, 0.717) is 21.3 Å². The summed E-state index contributed by atoms with van der Waals surface area (Å²) < 4.78 is 5.66. The Labute approximate surface area is 133 Å². The van der Waals surface area contributed by atoms with Gasteiger partial charge in [0.25, 0.3) is 5.91 Å². The molecule has 0 atom stereocenters. The van der Waals surface area contributed by atoms with Crippen molar-refractivity contribution in [1.29, 1.82) is 0 Å². The van der Waals surface area contributed by atoms with Crippen molar-refractivity contribution in [3.05, 3.63) is 48.6 Å². The minimum Gasteiger partial charge on any atom is -0.490 e. The summed E-state index contributed by atoms with van der Waals surface area (Å²) in [6, 6.07) is 2.82. The van der Waals surface area contributed by atoms with Gasteiger partial charge in [0.15, 0.2) is 5.75 Å². The molecule has 0 fully saturated rings. The molecule has 0 aliphatic rings. The van der Waals surface area contributed by atoms with Crippen molar-refractivity contribution in [2.45, 2.75) is 6.92 Å². The number of anilines is 1. The predicted molar refractivity (Wildman–Crippen MR) is 84.4 cm³/mol. The van der Waals surface area contributed by atoms with Crippen molar-refractivity contribution >= 4 is 44.5 Å². The Morgan fingerprint density at radius 3 is 2.67 bits per heavy atom. The molecule has 0 radical (unpaired) electrons. The summed E-state index contributed by atoms with van der Waals surface area (Å²) >= 11 is 4.67. The molecule has 21 heavy (non-hydrogen) atoms.